The Balaban J connectivity index is 1.65. The van der Waals surface area contributed by atoms with Gasteiger partial charge in [0.15, 0.2) is 6.54 Å². The van der Waals surface area contributed by atoms with Crippen LogP contribution < -0.4 is 10.2 Å². The number of thiophene rings is 1. The Morgan fingerprint density at radius 2 is 1.81 bits per heavy atom. The maximum Gasteiger partial charge on any atom is 0.275 e. The molecule has 0 spiro atoms. The Hall–Kier alpha value is -2.50. The highest BCUT2D eigenvalue weighted by molar-refractivity contribution is 7.10. The van der Waals surface area contributed by atoms with Crippen LogP contribution in [0.3, 0.4) is 0 Å². The Morgan fingerprint density at radius 3 is 2.44 bits per heavy atom. The maximum absolute atomic E-state index is 13.3. The molecule has 0 aliphatic carbocycles. The molecule has 0 aliphatic heterocycles. The van der Waals surface area contributed by atoms with Crippen molar-refractivity contribution in [1.29, 1.82) is 0 Å². The summed E-state index contributed by atoms with van der Waals surface area (Å²) in [4.78, 5) is 14.8. The Morgan fingerprint density at radius 1 is 1.11 bits per heavy atom. The second-order valence-electron chi connectivity index (χ2n) is 6.86. The van der Waals surface area contributed by atoms with E-state index in [1.807, 2.05) is 24.6 Å². The number of amides is 1. The summed E-state index contributed by atoms with van der Waals surface area (Å²) >= 11 is 1.58. The third-order valence-corrected chi connectivity index (χ3v) is 5.36. The number of hydrogen-bond acceptors (Lipinski definition) is 2. The fraction of sp³-hybridized carbons (Fsp3) is 0.227. The number of rotatable bonds is 7. The first kappa shape index (κ1) is 19.3. The molecule has 2 N–H and O–H groups in total. The molecule has 1 unspecified atom stereocenters. The van der Waals surface area contributed by atoms with Gasteiger partial charge in [-0.1, -0.05) is 48.0 Å². The van der Waals surface area contributed by atoms with E-state index in [1.54, 1.807) is 23.5 Å². The van der Waals surface area contributed by atoms with Crippen molar-refractivity contribution in [1.82, 2.24) is 5.32 Å². The van der Waals surface area contributed by atoms with E-state index in [2.05, 4.69) is 36.5 Å². The third kappa shape index (κ3) is 5.49. The van der Waals surface area contributed by atoms with Crippen LogP contribution in [0.15, 0.2) is 66.0 Å². The predicted octanol–water partition coefficient (Wildman–Crippen LogP) is 3.12. The molecule has 1 amide bonds. The molecule has 140 valence electrons. The van der Waals surface area contributed by atoms with Crippen molar-refractivity contribution < 1.29 is 14.1 Å². The predicted molar refractivity (Wildman–Crippen MR) is 107 cm³/mol. The van der Waals surface area contributed by atoms with E-state index in [0.717, 1.165) is 21.9 Å². The van der Waals surface area contributed by atoms with E-state index in [-0.39, 0.29) is 17.8 Å². The van der Waals surface area contributed by atoms with E-state index in [4.69, 9.17) is 0 Å². The van der Waals surface area contributed by atoms with Crippen LogP contribution in [-0.2, 0) is 11.3 Å². The molecule has 2 atom stereocenters. The molecule has 0 radical (unpaired) electrons. The molecule has 2 aromatic carbocycles. The van der Waals surface area contributed by atoms with Gasteiger partial charge in [0.05, 0.1) is 13.1 Å². The van der Waals surface area contributed by atoms with Gasteiger partial charge in [0.2, 0.25) is 0 Å². The Kier molecular flexibility index (Phi) is 6.37. The number of hydrogen-bond donors (Lipinski definition) is 2. The summed E-state index contributed by atoms with van der Waals surface area (Å²) in [5.74, 6) is -0.306. The zero-order valence-corrected chi connectivity index (χ0v) is 16.4. The van der Waals surface area contributed by atoms with Gasteiger partial charge in [0, 0.05) is 10.4 Å². The quantitative estimate of drug-likeness (QED) is 0.646. The highest BCUT2D eigenvalue weighted by Crippen LogP contribution is 2.26. The molecular formula is C22H24FN2OS+. The van der Waals surface area contributed by atoms with Gasteiger partial charge in [-0.25, -0.2) is 4.39 Å². The normalized spacial score (nSPS) is 13.1. The first-order valence-electron chi connectivity index (χ1n) is 8.96. The summed E-state index contributed by atoms with van der Waals surface area (Å²) in [5.41, 5.74) is 3.31. The minimum atomic E-state index is -0.280. The van der Waals surface area contributed by atoms with Crippen LogP contribution >= 0.6 is 11.3 Å². The summed E-state index contributed by atoms with van der Waals surface area (Å²) < 4.78 is 13.3. The van der Waals surface area contributed by atoms with Crippen molar-refractivity contribution in [3.63, 3.8) is 0 Å². The van der Waals surface area contributed by atoms with Crippen molar-refractivity contribution >= 4 is 17.2 Å². The number of carbonyl (C=O) groups excluding carboxylic acids is 1. The lowest BCUT2D eigenvalue weighted by atomic mass is 10.1. The number of aryl methyl sites for hydroxylation is 1. The lowest BCUT2D eigenvalue weighted by Gasteiger charge is -2.20. The molecule has 1 aromatic heterocycles. The van der Waals surface area contributed by atoms with Crippen molar-refractivity contribution in [2.45, 2.75) is 19.5 Å². The Bertz CT molecular complexity index is 860. The highest BCUT2D eigenvalue weighted by atomic mass is 32.1. The number of nitrogens with one attached hydrogen (secondary N) is 2. The summed E-state index contributed by atoms with van der Waals surface area (Å²) in [6.07, 6.45) is 0. The lowest BCUT2D eigenvalue weighted by Crippen LogP contribution is -3.08. The molecule has 1 heterocycles. The number of halogens is 1. The monoisotopic (exact) mass is 383 g/mol. The van der Waals surface area contributed by atoms with Crippen LogP contribution in [0, 0.1) is 12.7 Å². The summed E-state index contributed by atoms with van der Waals surface area (Å²) in [5, 5.41) is 5.09. The van der Waals surface area contributed by atoms with Crippen molar-refractivity contribution in [3.8, 4) is 0 Å². The largest absolute Gasteiger partial charge is 0.339 e. The Labute approximate surface area is 163 Å². The number of benzene rings is 2. The van der Waals surface area contributed by atoms with Crippen LogP contribution in [0.25, 0.3) is 0 Å². The van der Waals surface area contributed by atoms with Gasteiger partial charge in [-0.05, 0) is 36.1 Å². The van der Waals surface area contributed by atoms with Crippen LogP contribution in [0.4, 0.5) is 4.39 Å². The topological polar surface area (TPSA) is 33.5 Å². The van der Waals surface area contributed by atoms with Crippen LogP contribution in [-0.4, -0.2) is 19.5 Å². The van der Waals surface area contributed by atoms with E-state index >= 15 is 0 Å². The molecular weight excluding hydrogens is 359 g/mol. The van der Waals surface area contributed by atoms with Gasteiger partial charge in [0.25, 0.3) is 5.91 Å². The minimum absolute atomic E-state index is 0.0256. The minimum Gasteiger partial charge on any atom is -0.339 e. The fourth-order valence-electron chi connectivity index (χ4n) is 3.03. The average Bonchev–Trinajstić information content (AvgIpc) is 3.17. The van der Waals surface area contributed by atoms with Crippen molar-refractivity contribution in [2.75, 3.05) is 13.6 Å². The maximum atomic E-state index is 13.3. The smallest absolute Gasteiger partial charge is 0.275 e. The van der Waals surface area contributed by atoms with Gasteiger partial charge in [-0.3, -0.25) is 4.79 Å². The van der Waals surface area contributed by atoms with E-state index in [1.165, 1.54) is 23.3 Å². The molecule has 3 nitrogen and oxygen atoms in total. The van der Waals surface area contributed by atoms with Crippen molar-refractivity contribution in [3.05, 3.63) is 93.4 Å². The van der Waals surface area contributed by atoms with Crippen LogP contribution in [0.2, 0.25) is 0 Å². The number of likely N-dealkylation sites (N-methyl/N-ethyl adjacent to an activating group) is 1. The zero-order chi connectivity index (χ0) is 19.2. The van der Waals surface area contributed by atoms with E-state index in [0.29, 0.717) is 6.54 Å². The van der Waals surface area contributed by atoms with Crippen LogP contribution in [0.5, 0.6) is 0 Å². The molecule has 0 saturated heterocycles. The molecule has 0 saturated carbocycles. The first-order chi connectivity index (χ1) is 13.0. The van der Waals surface area contributed by atoms with Gasteiger partial charge >= 0.3 is 0 Å². The standard InChI is InChI=1S/C22H23FN2OS/c1-16-5-7-17(8-6-16)14-25(2)15-21(26)24-22(20-4-3-13-27-20)18-9-11-19(23)12-10-18/h3-13,22H,14-15H2,1-2H3,(H,24,26)/p+1/t22-/m1/s1. The fourth-order valence-corrected chi connectivity index (χ4v) is 3.83. The zero-order valence-electron chi connectivity index (χ0n) is 15.5. The third-order valence-electron chi connectivity index (χ3n) is 4.43. The average molecular weight is 384 g/mol. The molecule has 27 heavy (non-hydrogen) atoms. The van der Waals surface area contributed by atoms with E-state index in [9.17, 15) is 9.18 Å². The molecule has 5 heteroatoms. The number of quaternary nitrogens is 1. The molecule has 0 bridgehead atoms. The van der Waals surface area contributed by atoms with E-state index < -0.39 is 0 Å². The highest BCUT2D eigenvalue weighted by Gasteiger charge is 2.20. The first-order valence-corrected chi connectivity index (χ1v) is 9.84. The summed E-state index contributed by atoms with van der Waals surface area (Å²) in [7, 11) is 2.01. The summed E-state index contributed by atoms with van der Waals surface area (Å²) in [6, 6.07) is 18.4. The van der Waals surface area contributed by atoms with Gasteiger partial charge in [0.1, 0.15) is 12.4 Å². The summed E-state index contributed by atoms with van der Waals surface area (Å²) in [6.45, 7) is 3.22. The second kappa shape index (κ2) is 8.93. The number of carbonyl (C=O) groups is 1. The molecule has 0 aliphatic rings. The second-order valence-corrected chi connectivity index (χ2v) is 7.84. The SMILES string of the molecule is Cc1ccc(C[NH+](C)CC(=O)N[C@H](c2ccc(F)cc2)c2cccs2)cc1. The van der Waals surface area contributed by atoms with Crippen molar-refractivity contribution in [2.24, 2.45) is 0 Å². The van der Waals surface area contributed by atoms with Gasteiger partial charge < -0.3 is 10.2 Å². The lowest BCUT2D eigenvalue weighted by molar-refractivity contribution is -0.885. The van der Waals surface area contributed by atoms with Gasteiger partial charge in [-0.15, -0.1) is 11.3 Å². The molecule has 3 aromatic rings. The molecule has 3 rings (SSSR count). The van der Waals surface area contributed by atoms with Gasteiger partial charge in [-0.2, -0.15) is 0 Å². The van der Waals surface area contributed by atoms with Crippen LogP contribution in [0.1, 0.15) is 27.6 Å². The molecule has 0 fully saturated rings.